The van der Waals surface area contributed by atoms with Crippen LogP contribution in [0.15, 0.2) is 12.3 Å². The summed E-state index contributed by atoms with van der Waals surface area (Å²) in [7, 11) is -3.86. The Morgan fingerprint density at radius 2 is 2.06 bits per heavy atom. The molecule has 12 heteroatoms. The molecule has 3 rings (SSSR count). The molecule has 2 aliphatic heterocycles. The first-order valence-electron chi connectivity index (χ1n) is 10.1. The van der Waals surface area contributed by atoms with Gasteiger partial charge in [0.15, 0.2) is 14.6 Å². The summed E-state index contributed by atoms with van der Waals surface area (Å²) in [4.78, 5) is 27.6. The number of rotatable bonds is 7. The number of fused-ring (bicyclic) bond motifs is 1. The molecule has 33 heavy (non-hydrogen) atoms. The lowest BCUT2D eigenvalue weighted by molar-refractivity contribution is -0.131. The summed E-state index contributed by atoms with van der Waals surface area (Å²) in [6.45, 7) is 2.17. The molecule has 178 valence electrons. The van der Waals surface area contributed by atoms with E-state index in [1.165, 1.54) is 21.9 Å². The van der Waals surface area contributed by atoms with Crippen LogP contribution >= 0.6 is 0 Å². The van der Waals surface area contributed by atoms with E-state index in [4.69, 9.17) is 5.21 Å². The first kappa shape index (κ1) is 24.7. The molecule has 1 aromatic rings. The van der Waals surface area contributed by atoms with Gasteiger partial charge in [-0.3, -0.25) is 19.5 Å². The van der Waals surface area contributed by atoms with Gasteiger partial charge in [-0.1, -0.05) is 11.8 Å². The van der Waals surface area contributed by atoms with Crippen molar-refractivity contribution in [3.05, 3.63) is 23.5 Å². The van der Waals surface area contributed by atoms with E-state index in [-0.39, 0.29) is 38.0 Å². The van der Waals surface area contributed by atoms with Gasteiger partial charge in [-0.15, -0.1) is 0 Å². The molecule has 2 aliphatic rings. The second kappa shape index (κ2) is 9.51. The van der Waals surface area contributed by atoms with Crippen molar-refractivity contribution in [2.75, 3.05) is 32.4 Å². The fraction of sp³-hybridized carbons (Fsp3) is 0.524. The highest BCUT2D eigenvalue weighted by molar-refractivity contribution is 7.92. The van der Waals surface area contributed by atoms with Crippen LogP contribution < -0.4 is 5.48 Å². The highest BCUT2D eigenvalue weighted by Gasteiger charge is 2.44. The predicted molar refractivity (Wildman–Crippen MR) is 114 cm³/mol. The minimum atomic E-state index is -3.86. The third kappa shape index (κ3) is 5.36. The monoisotopic (exact) mass is 482 g/mol. The number of halogens is 2. The van der Waals surface area contributed by atoms with Gasteiger partial charge in [0.2, 0.25) is 0 Å². The highest BCUT2D eigenvalue weighted by atomic mass is 32.2. The molecule has 0 spiro atoms. The van der Waals surface area contributed by atoms with Crippen LogP contribution in [-0.4, -0.2) is 83.5 Å². The number of sulfone groups is 1. The molecule has 1 aromatic heterocycles. The van der Waals surface area contributed by atoms with Crippen molar-refractivity contribution in [3.63, 3.8) is 0 Å². The Morgan fingerprint density at radius 1 is 1.36 bits per heavy atom. The molecule has 0 aliphatic carbocycles. The van der Waals surface area contributed by atoms with E-state index in [1.807, 2.05) is 0 Å². The van der Waals surface area contributed by atoms with Gasteiger partial charge in [0.1, 0.15) is 0 Å². The standard InChI is InChI=1S/C21H24F2N4O5S/c1-21(19(28)24-30,33(2,31)32)7-8-26-13-17-9-15(12-27(17)20(26)29)5-3-4-6-16-10-25(11-16)14-18(22)23/h9,12,16,18,30H,7-8,10-11,13-14H2,1-2H3,(H,24,28). The Labute approximate surface area is 190 Å². The van der Waals surface area contributed by atoms with E-state index in [9.17, 15) is 26.8 Å². The quantitative estimate of drug-likeness (QED) is 0.333. The lowest BCUT2D eigenvalue weighted by atomic mass is 10.0. The summed E-state index contributed by atoms with van der Waals surface area (Å²) in [6.07, 6.45) is -0.0858. The Hall–Kier alpha value is -2.93. The minimum Gasteiger partial charge on any atom is -0.318 e. The van der Waals surface area contributed by atoms with Crippen molar-refractivity contribution in [1.82, 2.24) is 19.8 Å². The maximum Gasteiger partial charge on any atom is 0.328 e. The molecule has 1 fully saturated rings. The predicted octanol–water partition coefficient (Wildman–Crippen LogP) is 0.522. The summed E-state index contributed by atoms with van der Waals surface area (Å²) in [5, 5.41) is 8.90. The first-order valence-corrected chi connectivity index (χ1v) is 12.0. The number of carbonyl (C=O) groups is 2. The molecular weight excluding hydrogens is 458 g/mol. The zero-order chi connectivity index (χ0) is 24.4. The Kier molecular flexibility index (Phi) is 7.12. The second-order valence-corrected chi connectivity index (χ2v) is 10.8. The first-order chi connectivity index (χ1) is 15.4. The van der Waals surface area contributed by atoms with Gasteiger partial charge in [0.05, 0.1) is 13.1 Å². The van der Waals surface area contributed by atoms with Crippen LogP contribution in [0.2, 0.25) is 0 Å². The third-order valence-electron chi connectivity index (χ3n) is 5.89. The number of carbonyl (C=O) groups excluding carboxylic acids is 2. The number of amides is 2. The maximum atomic E-state index is 12.6. The molecule has 1 saturated heterocycles. The number of nitrogens with one attached hydrogen (secondary N) is 1. The zero-order valence-corrected chi connectivity index (χ0v) is 19.0. The van der Waals surface area contributed by atoms with Gasteiger partial charge in [-0.05, 0) is 31.3 Å². The molecule has 3 heterocycles. The molecule has 0 aromatic carbocycles. The number of likely N-dealkylation sites (tertiary alicyclic amines) is 1. The molecule has 0 radical (unpaired) electrons. The van der Waals surface area contributed by atoms with Crippen LogP contribution in [0.1, 0.15) is 24.6 Å². The van der Waals surface area contributed by atoms with Gasteiger partial charge >= 0.3 is 6.03 Å². The highest BCUT2D eigenvalue weighted by Crippen LogP contribution is 2.25. The number of nitrogens with zero attached hydrogens (tertiary/aromatic N) is 3. The van der Waals surface area contributed by atoms with E-state index in [0.29, 0.717) is 24.3 Å². The largest absolute Gasteiger partial charge is 0.328 e. The van der Waals surface area contributed by atoms with E-state index in [0.717, 1.165) is 6.26 Å². The maximum absolute atomic E-state index is 12.6. The number of alkyl halides is 2. The van der Waals surface area contributed by atoms with Gasteiger partial charge in [0, 0.05) is 49.3 Å². The van der Waals surface area contributed by atoms with Crippen molar-refractivity contribution in [3.8, 4) is 23.7 Å². The summed E-state index contributed by atoms with van der Waals surface area (Å²) in [5.74, 6) is 10.2. The molecule has 9 nitrogen and oxygen atoms in total. The van der Waals surface area contributed by atoms with Crippen molar-refractivity contribution in [1.29, 1.82) is 0 Å². The third-order valence-corrected chi connectivity index (χ3v) is 7.91. The van der Waals surface area contributed by atoms with E-state index in [1.54, 1.807) is 17.2 Å². The van der Waals surface area contributed by atoms with Crippen molar-refractivity contribution in [2.45, 2.75) is 31.1 Å². The van der Waals surface area contributed by atoms with Crippen LogP contribution in [0.5, 0.6) is 0 Å². The van der Waals surface area contributed by atoms with Crippen LogP contribution in [-0.2, 0) is 21.2 Å². The molecule has 1 atom stereocenters. The summed E-state index contributed by atoms with van der Waals surface area (Å²) in [5.41, 5.74) is 2.62. The fourth-order valence-corrected chi connectivity index (χ4v) is 4.49. The summed E-state index contributed by atoms with van der Waals surface area (Å²) >= 11 is 0. The SMILES string of the molecule is CC(CCN1Cc2cc(C#CC#CC3CN(CC(F)F)C3)cn2C1=O)(C(=O)NO)S(C)(=O)=O. The van der Waals surface area contributed by atoms with Gasteiger partial charge in [-0.25, -0.2) is 27.5 Å². The van der Waals surface area contributed by atoms with E-state index < -0.39 is 26.9 Å². The molecular formula is C21H24F2N4O5S. The number of hydrogen-bond acceptors (Lipinski definition) is 6. The van der Waals surface area contributed by atoms with E-state index >= 15 is 0 Å². The fourth-order valence-electron chi connectivity index (χ4n) is 3.65. The Bertz CT molecular complexity index is 1170. The van der Waals surface area contributed by atoms with Crippen molar-refractivity contribution in [2.24, 2.45) is 5.92 Å². The molecule has 0 bridgehead atoms. The Balaban J connectivity index is 1.57. The normalized spacial score (nSPS) is 18.0. The smallest absolute Gasteiger partial charge is 0.318 e. The topological polar surface area (TPSA) is 112 Å². The zero-order valence-electron chi connectivity index (χ0n) is 18.1. The molecule has 2 N–H and O–H groups in total. The van der Waals surface area contributed by atoms with Gasteiger partial charge in [0.25, 0.3) is 12.3 Å². The number of hydroxylamine groups is 1. The lowest BCUT2D eigenvalue weighted by Gasteiger charge is -2.35. The van der Waals surface area contributed by atoms with E-state index in [2.05, 4.69) is 23.7 Å². The average molecular weight is 483 g/mol. The number of aromatic nitrogens is 1. The van der Waals surface area contributed by atoms with Gasteiger partial charge in [-0.2, -0.15) is 0 Å². The van der Waals surface area contributed by atoms with Crippen LogP contribution in [0.4, 0.5) is 13.6 Å². The van der Waals surface area contributed by atoms with Crippen LogP contribution in [0.25, 0.3) is 0 Å². The minimum absolute atomic E-state index is 0.00600. The lowest BCUT2D eigenvalue weighted by Crippen LogP contribution is -2.50. The molecule has 2 amide bonds. The van der Waals surface area contributed by atoms with Crippen LogP contribution in [0.3, 0.4) is 0 Å². The van der Waals surface area contributed by atoms with Crippen molar-refractivity contribution >= 4 is 21.8 Å². The second-order valence-electron chi connectivity index (χ2n) is 8.31. The average Bonchev–Trinajstić information content (AvgIpc) is 3.23. The van der Waals surface area contributed by atoms with Crippen molar-refractivity contribution < 1.29 is 32.0 Å². The summed E-state index contributed by atoms with van der Waals surface area (Å²) < 4.78 is 48.2. The van der Waals surface area contributed by atoms with Crippen LogP contribution in [0, 0.1) is 29.6 Å². The Morgan fingerprint density at radius 3 is 2.64 bits per heavy atom. The van der Waals surface area contributed by atoms with Gasteiger partial charge < -0.3 is 4.90 Å². The number of hydrogen-bond donors (Lipinski definition) is 2. The molecule has 1 unspecified atom stereocenters. The molecule has 0 saturated carbocycles. The summed E-state index contributed by atoms with van der Waals surface area (Å²) in [6, 6.07) is 1.34.